The Bertz CT molecular complexity index is 2150. The maximum atomic E-state index is 15.6. The Balaban J connectivity index is 0.799. The predicted molar refractivity (Wildman–Crippen MR) is 206 cm³/mol. The van der Waals surface area contributed by atoms with Crippen molar-refractivity contribution < 1.29 is 37.7 Å². The number of imide groups is 1. The molecular formula is C44H46F2N4O6. The quantitative estimate of drug-likeness (QED) is 0.133. The first kappa shape index (κ1) is 37.4. The van der Waals surface area contributed by atoms with Gasteiger partial charge in [-0.1, -0.05) is 24.3 Å². The van der Waals surface area contributed by atoms with Crippen LogP contribution in [-0.2, 0) is 16.1 Å². The molecule has 0 aliphatic carbocycles. The molecule has 4 aliphatic heterocycles. The van der Waals surface area contributed by atoms with E-state index in [4.69, 9.17) is 9.47 Å². The van der Waals surface area contributed by atoms with Crippen LogP contribution >= 0.6 is 0 Å². The minimum Gasteiger partial charge on any atom is -0.508 e. The summed E-state index contributed by atoms with van der Waals surface area (Å²) in [6.45, 7) is 7.35. The molecule has 8 rings (SSSR count). The van der Waals surface area contributed by atoms with Crippen molar-refractivity contribution in [2.75, 3.05) is 50.8 Å². The lowest BCUT2D eigenvalue weighted by molar-refractivity contribution is -0.136. The number of piperazine rings is 1. The van der Waals surface area contributed by atoms with E-state index in [0.717, 1.165) is 79.9 Å². The molecule has 0 spiro atoms. The zero-order valence-corrected chi connectivity index (χ0v) is 31.4. The van der Waals surface area contributed by atoms with Crippen LogP contribution in [0.5, 0.6) is 17.2 Å². The van der Waals surface area contributed by atoms with Gasteiger partial charge < -0.3 is 24.4 Å². The van der Waals surface area contributed by atoms with Gasteiger partial charge in [0.05, 0.1) is 13.2 Å². The van der Waals surface area contributed by atoms with Gasteiger partial charge in [0, 0.05) is 73.9 Å². The van der Waals surface area contributed by atoms with Crippen LogP contribution in [0.4, 0.5) is 14.5 Å². The van der Waals surface area contributed by atoms with E-state index in [2.05, 4.69) is 21.2 Å². The van der Waals surface area contributed by atoms with Gasteiger partial charge in [-0.15, -0.1) is 0 Å². The standard InChI is InChI=1S/C44H46F2N4O6/c1-27-21-28(5-11-36(27)45)35-26-56-40-24-32(51)8-10-34(40)42(35)29-6-13-39(37(46)23-29)55-20-4-2-3-15-48-16-18-49(19-17-48)31-7-9-33-30(22-31)25-50(44(33)54)38-12-14-41(52)47-43(38)53/h5-11,13,21-24,35,38,42,51H,2-4,12,14-20,25-26H2,1H3,(H,47,52,53)/t35-,38?,42-/m1/s1. The summed E-state index contributed by atoms with van der Waals surface area (Å²) >= 11 is 0. The van der Waals surface area contributed by atoms with Gasteiger partial charge in [-0.05, 0) is 104 Å². The molecule has 1 unspecified atom stereocenters. The highest BCUT2D eigenvalue weighted by Gasteiger charge is 2.39. The Kier molecular flexibility index (Phi) is 10.7. The number of hydrogen-bond acceptors (Lipinski definition) is 8. The van der Waals surface area contributed by atoms with E-state index in [1.54, 1.807) is 42.2 Å². The number of anilines is 1. The SMILES string of the molecule is Cc1cc([C@H]2COc3cc(O)ccc3[C@H]2c2ccc(OCCCCCN3CCN(c4ccc5c(c4)CN(C4CCC(=O)NC4=O)C5=O)CC3)c(F)c2)ccc1F. The number of halogens is 2. The van der Waals surface area contributed by atoms with Crippen LogP contribution in [0.3, 0.4) is 0 Å². The number of aryl methyl sites for hydroxylation is 1. The van der Waals surface area contributed by atoms with E-state index < -0.39 is 17.8 Å². The van der Waals surface area contributed by atoms with Crippen LogP contribution in [0.25, 0.3) is 0 Å². The lowest BCUT2D eigenvalue weighted by Crippen LogP contribution is -2.52. The molecule has 2 N–H and O–H groups in total. The molecule has 4 aromatic carbocycles. The van der Waals surface area contributed by atoms with Crippen molar-refractivity contribution in [3.63, 3.8) is 0 Å². The van der Waals surface area contributed by atoms with Crippen molar-refractivity contribution in [2.45, 2.75) is 63.5 Å². The fourth-order valence-electron chi connectivity index (χ4n) is 8.61. The van der Waals surface area contributed by atoms with E-state index in [-0.39, 0.29) is 47.4 Å². The monoisotopic (exact) mass is 764 g/mol. The molecule has 2 fully saturated rings. The molecule has 292 valence electrons. The molecule has 3 amide bonds. The normalized spacial score (nSPS) is 21.1. The topological polar surface area (TPSA) is 112 Å². The fourth-order valence-corrected chi connectivity index (χ4v) is 8.61. The summed E-state index contributed by atoms with van der Waals surface area (Å²) in [5.74, 6) is -1.20. The Hall–Kier alpha value is -5.49. The first-order valence-electron chi connectivity index (χ1n) is 19.5. The van der Waals surface area contributed by atoms with Gasteiger partial charge in [-0.3, -0.25) is 24.6 Å². The van der Waals surface area contributed by atoms with Crippen LogP contribution in [0.1, 0.15) is 82.1 Å². The smallest absolute Gasteiger partial charge is 0.255 e. The van der Waals surface area contributed by atoms with Gasteiger partial charge in [0.15, 0.2) is 11.6 Å². The Morgan fingerprint density at radius 2 is 1.70 bits per heavy atom. The fraction of sp³-hybridized carbons (Fsp3) is 0.386. The number of carbonyl (C=O) groups is 3. The molecule has 0 radical (unpaired) electrons. The van der Waals surface area contributed by atoms with Crippen LogP contribution in [-0.4, -0.2) is 84.6 Å². The van der Waals surface area contributed by atoms with Crippen molar-refractivity contribution in [1.29, 1.82) is 0 Å². The number of benzene rings is 4. The lowest BCUT2D eigenvalue weighted by atomic mass is 9.75. The van der Waals surface area contributed by atoms with Crippen molar-refractivity contribution in [1.82, 2.24) is 15.1 Å². The highest BCUT2D eigenvalue weighted by molar-refractivity contribution is 6.05. The number of hydrogen-bond donors (Lipinski definition) is 2. The molecular weight excluding hydrogens is 719 g/mol. The second-order valence-corrected chi connectivity index (χ2v) is 15.3. The number of rotatable bonds is 11. The van der Waals surface area contributed by atoms with E-state index in [1.807, 2.05) is 24.3 Å². The second-order valence-electron chi connectivity index (χ2n) is 15.3. The number of nitrogens with one attached hydrogen (secondary N) is 1. The third-order valence-corrected chi connectivity index (χ3v) is 11.7. The zero-order valence-electron chi connectivity index (χ0n) is 31.4. The minimum atomic E-state index is -0.618. The lowest BCUT2D eigenvalue weighted by Gasteiger charge is -2.36. The van der Waals surface area contributed by atoms with E-state index >= 15 is 4.39 Å². The first-order chi connectivity index (χ1) is 27.1. The molecule has 0 aromatic heterocycles. The molecule has 0 saturated carbocycles. The average Bonchev–Trinajstić information content (AvgIpc) is 3.52. The number of piperidine rings is 1. The Morgan fingerprint density at radius 1 is 0.875 bits per heavy atom. The summed E-state index contributed by atoms with van der Waals surface area (Å²) in [7, 11) is 0. The molecule has 56 heavy (non-hydrogen) atoms. The third-order valence-electron chi connectivity index (χ3n) is 11.7. The van der Waals surface area contributed by atoms with Crippen LogP contribution in [0, 0.1) is 18.6 Å². The second kappa shape index (κ2) is 15.9. The van der Waals surface area contributed by atoms with E-state index in [1.165, 1.54) is 12.1 Å². The molecule has 3 atom stereocenters. The summed E-state index contributed by atoms with van der Waals surface area (Å²) in [5, 5.41) is 12.4. The average molecular weight is 765 g/mol. The number of carbonyl (C=O) groups excluding carboxylic acids is 3. The van der Waals surface area contributed by atoms with E-state index in [0.29, 0.717) is 43.1 Å². The number of nitrogens with zero attached hydrogens (tertiary/aromatic N) is 3. The van der Waals surface area contributed by atoms with Crippen molar-refractivity contribution in [3.05, 3.63) is 118 Å². The number of fused-ring (bicyclic) bond motifs is 2. The largest absolute Gasteiger partial charge is 0.508 e. The first-order valence-corrected chi connectivity index (χ1v) is 19.5. The summed E-state index contributed by atoms with van der Waals surface area (Å²) < 4.78 is 41.6. The van der Waals surface area contributed by atoms with Crippen molar-refractivity contribution >= 4 is 23.4 Å². The molecule has 2 saturated heterocycles. The number of ether oxygens (including phenoxy) is 2. The maximum absolute atomic E-state index is 15.6. The summed E-state index contributed by atoms with van der Waals surface area (Å²) in [5.41, 5.74) is 5.61. The highest BCUT2D eigenvalue weighted by atomic mass is 19.1. The molecule has 12 heteroatoms. The Labute approximate surface area is 325 Å². The molecule has 4 heterocycles. The van der Waals surface area contributed by atoms with Crippen molar-refractivity contribution in [2.24, 2.45) is 0 Å². The van der Waals surface area contributed by atoms with E-state index in [9.17, 15) is 23.9 Å². The van der Waals surface area contributed by atoms with Gasteiger partial charge >= 0.3 is 0 Å². The van der Waals surface area contributed by atoms with Gasteiger partial charge in [-0.25, -0.2) is 8.78 Å². The minimum absolute atomic E-state index is 0.0890. The number of phenols is 1. The van der Waals surface area contributed by atoms with Gasteiger partial charge in [0.25, 0.3) is 5.91 Å². The number of amides is 3. The van der Waals surface area contributed by atoms with Gasteiger partial charge in [-0.2, -0.15) is 0 Å². The maximum Gasteiger partial charge on any atom is 0.255 e. The Morgan fingerprint density at radius 3 is 2.48 bits per heavy atom. The van der Waals surface area contributed by atoms with Crippen molar-refractivity contribution in [3.8, 4) is 17.2 Å². The summed E-state index contributed by atoms with van der Waals surface area (Å²) in [4.78, 5) is 43.4. The van der Waals surface area contributed by atoms with Crippen LogP contribution in [0.2, 0.25) is 0 Å². The third kappa shape index (κ3) is 7.67. The molecule has 4 aromatic rings. The summed E-state index contributed by atoms with van der Waals surface area (Å²) in [6.07, 6.45) is 3.34. The van der Waals surface area contributed by atoms with Crippen LogP contribution < -0.4 is 19.7 Å². The zero-order chi connectivity index (χ0) is 38.9. The number of unbranched alkanes of at least 4 members (excludes halogenated alkanes) is 2. The molecule has 4 aliphatic rings. The van der Waals surface area contributed by atoms with Gasteiger partial charge in [0.2, 0.25) is 11.8 Å². The highest BCUT2D eigenvalue weighted by Crippen LogP contribution is 2.47. The predicted octanol–water partition coefficient (Wildman–Crippen LogP) is 6.42. The molecule has 0 bridgehead atoms. The number of phenolic OH excluding ortho intramolecular Hbond substituents is 1. The van der Waals surface area contributed by atoms with Crippen LogP contribution in [0.15, 0.2) is 72.8 Å². The summed E-state index contributed by atoms with van der Waals surface area (Å²) in [6, 6.07) is 20.4. The van der Waals surface area contributed by atoms with Gasteiger partial charge in [0.1, 0.15) is 23.4 Å². The number of aromatic hydroxyl groups is 1. The molecule has 10 nitrogen and oxygen atoms in total.